The minimum absolute atomic E-state index is 0.334. The Morgan fingerprint density at radius 2 is 1.88 bits per heavy atom. The van der Waals surface area contributed by atoms with Crippen molar-refractivity contribution in [1.82, 2.24) is 0 Å². The molecule has 2 N–H and O–H groups in total. The zero-order valence-electron chi connectivity index (χ0n) is 9.21. The molecule has 0 radical (unpaired) electrons. The Balaban J connectivity index is 2.37. The predicted molar refractivity (Wildman–Crippen MR) is 69.8 cm³/mol. The number of anilines is 1. The van der Waals surface area contributed by atoms with Gasteiger partial charge in [-0.25, -0.2) is 4.39 Å². The highest BCUT2D eigenvalue weighted by Crippen LogP contribution is 2.32. The van der Waals surface area contributed by atoms with E-state index in [0.717, 1.165) is 10.0 Å². The van der Waals surface area contributed by atoms with Crippen LogP contribution in [0.1, 0.15) is 5.56 Å². The molecule has 2 aromatic rings. The molecule has 88 valence electrons. The van der Waals surface area contributed by atoms with E-state index in [1.54, 1.807) is 18.2 Å². The second-order valence-corrected chi connectivity index (χ2v) is 4.61. The molecular weight excluding hydrogens is 285 g/mol. The van der Waals surface area contributed by atoms with Crippen LogP contribution in [0.2, 0.25) is 0 Å². The molecule has 0 fully saturated rings. The molecule has 2 nitrogen and oxygen atoms in total. The van der Waals surface area contributed by atoms with Gasteiger partial charge in [0.1, 0.15) is 11.6 Å². The van der Waals surface area contributed by atoms with E-state index in [2.05, 4.69) is 15.9 Å². The summed E-state index contributed by atoms with van der Waals surface area (Å²) in [5.74, 6) is 0.641. The molecule has 0 aromatic heterocycles. The Kier molecular flexibility index (Phi) is 3.33. The number of hydrogen-bond acceptors (Lipinski definition) is 2. The summed E-state index contributed by atoms with van der Waals surface area (Å²) in [5.41, 5.74) is 7.15. The summed E-state index contributed by atoms with van der Waals surface area (Å²) in [7, 11) is 0. The van der Waals surface area contributed by atoms with E-state index < -0.39 is 0 Å². The van der Waals surface area contributed by atoms with Crippen LogP contribution in [0.4, 0.5) is 10.1 Å². The van der Waals surface area contributed by atoms with E-state index in [9.17, 15) is 4.39 Å². The SMILES string of the molecule is Cc1ccc(F)cc1Oc1cc(Br)ccc1N. The first-order chi connectivity index (χ1) is 8.06. The van der Waals surface area contributed by atoms with Crippen LogP contribution in [0.25, 0.3) is 0 Å². The van der Waals surface area contributed by atoms with Gasteiger partial charge in [-0.3, -0.25) is 0 Å². The average molecular weight is 296 g/mol. The summed E-state index contributed by atoms with van der Waals surface area (Å²) in [6, 6.07) is 9.70. The first-order valence-electron chi connectivity index (χ1n) is 5.05. The lowest BCUT2D eigenvalue weighted by Gasteiger charge is -2.11. The number of rotatable bonds is 2. The number of nitrogens with two attached hydrogens (primary N) is 1. The van der Waals surface area contributed by atoms with Crippen LogP contribution in [0.5, 0.6) is 11.5 Å². The van der Waals surface area contributed by atoms with Crippen molar-refractivity contribution in [3.8, 4) is 11.5 Å². The van der Waals surface area contributed by atoms with Crippen molar-refractivity contribution >= 4 is 21.6 Å². The van der Waals surface area contributed by atoms with E-state index in [0.29, 0.717) is 17.2 Å². The Bertz CT molecular complexity index is 508. The largest absolute Gasteiger partial charge is 0.455 e. The minimum atomic E-state index is -0.334. The molecule has 0 amide bonds. The van der Waals surface area contributed by atoms with Crippen LogP contribution in [-0.4, -0.2) is 0 Å². The number of ether oxygens (including phenoxy) is 1. The summed E-state index contributed by atoms with van der Waals surface area (Å²) in [5, 5.41) is 0. The van der Waals surface area contributed by atoms with E-state index in [1.165, 1.54) is 12.1 Å². The van der Waals surface area contributed by atoms with Crippen molar-refractivity contribution in [1.29, 1.82) is 0 Å². The third kappa shape index (κ3) is 2.77. The van der Waals surface area contributed by atoms with Gasteiger partial charge in [0.05, 0.1) is 5.69 Å². The summed E-state index contributed by atoms with van der Waals surface area (Å²) in [6.07, 6.45) is 0. The van der Waals surface area contributed by atoms with Crippen molar-refractivity contribution < 1.29 is 9.13 Å². The molecule has 2 rings (SSSR count). The van der Waals surface area contributed by atoms with Gasteiger partial charge in [0.15, 0.2) is 5.75 Å². The molecule has 0 aliphatic rings. The molecule has 0 saturated heterocycles. The maximum Gasteiger partial charge on any atom is 0.151 e. The molecule has 0 aliphatic carbocycles. The van der Waals surface area contributed by atoms with Crippen molar-refractivity contribution in [2.75, 3.05) is 5.73 Å². The van der Waals surface area contributed by atoms with Crippen molar-refractivity contribution in [2.24, 2.45) is 0 Å². The van der Waals surface area contributed by atoms with Crippen LogP contribution in [0.15, 0.2) is 40.9 Å². The van der Waals surface area contributed by atoms with Gasteiger partial charge in [0.25, 0.3) is 0 Å². The summed E-state index contributed by atoms with van der Waals surface area (Å²) < 4.78 is 19.6. The first kappa shape index (κ1) is 11.9. The van der Waals surface area contributed by atoms with Gasteiger partial charge >= 0.3 is 0 Å². The highest BCUT2D eigenvalue weighted by atomic mass is 79.9. The van der Waals surface area contributed by atoms with Gasteiger partial charge in [-0.15, -0.1) is 0 Å². The predicted octanol–water partition coefficient (Wildman–Crippen LogP) is 4.27. The molecular formula is C13H11BrFNO. The van der Waals surface area contributed by atoms with E-state index in [4.69, 9.17) is 10.5 Å². The van der Waals surface area contributed by atoms with Crippen LogP contribution >= 0.6 is 15.9 Å². The summed E-state index contributed by atoms with van der Waals surface area (Å²) in [4.78, 5) is 0. The molecule has 0 heterocycles. The average Bonchev–Trinajstić information content (AvgIpc) is 2.28. The Morgan fingerprint density at radius 1 is 1.12 bits per heavy atom. The van der Waals surface area contributed by atoms with Gasteiger partial charge in [-0.05, 0) is 36.8 Å². The number of nitrogen functional groups attached to an aromatic ring is 1. The number of benzene rings is 2. The first-order valence-corrected chi connectivity index (χ1v) is 5.84. The van der Waals surface area contributed by atoms with E-state index in [1.807, 2.05) is 13.0 Å². The lowest BCUT2D eigenvalue weighted by Crippen LogP contribution is -1.94. The zero-order chi connectivity index (χ0) is 12.4. The van der Waals surface area contributed by atoms with Gasteiger partial charge in [-0.2, -0.15) is 0 Å². The number of aryl methyl sites for hydroxylation is 1. The lowest BCUT2D eigenvalue weighted by atomic mass is 10.2. The summed E-state index contributed by atoms with van der Waals surface area (Å²) >= 11 is 3.33. The maximum atomic E-state index is 13.1. The normalized spacial score (nSPS) is 10.3. The Hall–Kier alpha value is -1.55. The molecule has 0 unspecified atom stereocenters. The molecule has 0 atom stereocenters. The molecule has 0 bridgehead atoms. The fourth-order valence-electron chi connectivity index (χ4n) is 1.40. The molecule has 4 heteroatoms. The minimum Gasteiger partial charge on any atom is -0.455 e. The molecule has 0 spiro atoms. The Labute approximate surface area is 107 Å². The fraction of sp³-hybridized carbons (Fsp3) is 0.0769. The van der Waals surface area contributed by atoms with E-state index >= 15 is 0 Å². The number of hydrogen-bond donors (Lipinski definition) is 1. The van der Waals surface area contributed by atoms with Gasteiger partial charge in [-0.1, -0.05) is 22.0 Å². The summed E-state index contributed by atoms with van der Waals surface area (Å²) in [6.45, 7) is 1.85. The van der Waals surface area contributed by atoms with Crippen LogP contribution < -0.4 is 10.5 Å². The lowest BCUT2D eigenvalue weighted by molar-refractivity contribution is 0.475. The Morgan fingerprint density at radius 3 is 2.65 bits per heavy atom. The smallest absolute Gasteiger partial charge is 0.151 e. The highest BCUT2D eigenvalue weighted by Gasteiger charge is 2.06. The van der Waals surface area contributed by atoms with E-state index in [-0.39, 0.29) is 5.82 Å². The van der Waals surface area contributed by atoms with Gasteiger partial charge in [0.2, 0.25) is 0 Å². The van der Waals surface area contributed by atoms with Gasteiger partial charge < -0.3 is 10.5 Å². The fourth-order valence-corrected chi connectivity index (χ4v) is 1.74. The van der Waals surface area contributed by atoms with Crippen molar-refractivity contribution in [3.63, 3.8) is 0 Å². The maximum absolute atomic E-state index is 13.1. The van der Waals surface area contributed by atoms with Gasteiger partial charge in [0, 0.05) is 10.5 Å². The van der Waals surface area contributed by atoms with Crippen LogP contribution in [0, 0.1) is 12.7 Å². The third-order valence-electron chi connectivity index (χ3n) is 2.35. The second-order valence-electron chi connectivity index (χ2n) is 3.69. The quantitative estimate of drug-likeness (QED) is 0.840. The zero-order valence-corrected chi connectivity index (χ0v) is 10.8. The monoisotopic (exact) mass is 295 g/mol. The van der Waals surface area contributed by atoms with Crippen LogP contribution in [-0.2, 0) is 0 Å². The second kappa shape index (κ2) is 4.75. The molecule has 2 aromatic carbocycles. The highest BCUT2D eigenvalue weighted by molar-refractivity contribution is 9.10. The topological polar surface area (TPSA) is 35.2 Å². The molecule has 17 heavy (non-hydrogen) atoms. The van der Waals surface area contributed by atoms with Crippen molar-refractivity contribution in [3.05, 3.63) is 52.3 Å². The number of halogens is 2. The van der Waals surface area contributed by atoms with Crippen LogP contribution in [0.3, 0.4) is 0 Å². The third-order valence-corrected chi connectivity index (χ3v) is 2.84. The molecule has 0 saturated carbocycles. The van der Waals surface area contributed by atoms with Crippen molar-refractivity contribution in [2.45, 2.75) is 6.92 Å². The molecule has 0 aliphatic heterocycles. The standard InChI is InChI=1S/C13H11BrFNO/c1-8-2-4-10(15)7-12(8)17-13-6-9(14)3-5-11(13)16/h2-7H,16H2,1H3.